The monoisotopic (exact) mass is 564 g/mol. The summed E-state index contributed by atoms with van der Waals surface area (Å²) in [4.78, 5) is 0. The number of hydrogen-bond acceptors (Lipinski definition) is 7. The van der Waals surface area contributed by atoms with Gasteiger partial charge in [-0.05, 0) is 91.3 Å². The first-order valence-corrected chi connectivity index (χ1v) is 16.2. The SMILES string of the molecule is CC(C)CCCC(C)C1CCC2C3CC=C4CC(O)C(C5(O)O[C@H](CO)[C@H](O)[C@H](O)[C@H]5O)CC4(C)C3CCC12C. The van der Waals surface area contributed by atoms with Crippen molar-refractivity contribution in [1.82, 2.24) is 0 Å². The Balaban J connectivity index is 1.37. The maximum absolute atomic E-state index is 11.7. The fourth-order valence-electron chi connectivity index (χ4n) is 10.6. The van der Waals surface area contributed by atoms with Crippen LogP contribution in [-0.4, -0.2) is 73.6 Å². The Morgan fingerprint density at radius 3 is 2.35 bits per heavy atom. The molecule has 0 spiro atoms. The van der Waals surface area contributed by atoms with E-state index in [0.29, 0.717) is 36.0 Å². The van der Waals surface area contributed by atoms with Crippen molar-refractivity contribution in [2.24, 2.45) is 52.3 Å². The van der Waals surface area contributed by atoms with E-state index in [9.17, 15) is 30.6 Å². The lowest BCUT2D eigenvalue weighted by atomic mass is 9.45. The number of ether oxygens (including phenoxy) is 1. The third-order valence-corrected chi connectivity index (χ3v) is 12.9. The van der Waals surface area contributed by atoms with E-state index in [1.165, 1.54) is 44.1 Å². The molecule has 1 saturated heterocycles. The Kier molecular flexibility index (Phi) is 8.64. The summed E-state index contributed by atoms with van der Waals surface area (Å²) in [5, 5.41) is 64.4. The molecule has 4 fully saturated rings. The second kappa shape index (κ2) is 11.2. The van der Waals surface area contributed by atoms with Crippen LogP contribution in [0.3, 0.4) is 0 Å². The predicted molar refractivity (Wildman–Crippen MR) is 153 cm³/mol. The minimum absolute atomic E-state index is 0.260. The number of aliphatic hydroxyl groups is 6. The third-order valence-electron chi connectivity index (χ3n) is 12.9. The van der Waals surface area contributed by atoms with Crippen molar-refractivity contribution < 1.29 is 35.4 Å². The highest BCUT2D eigenvalue weighted by Gasteiger charge is 2.64. The first-order chi connectivity index (χ1) is 18.8. The third kappa shape index (κ3) is 4.84. The van der Waals surface area contributed by atoms with Crippen molar-refractivity contribution in [2.45, 2.75) is 135 Å². The van der Waals surface area contributed by atoms with Crippen LogP contribution >= 0.6 is 0 Å². The molecule has 0 aromatic heterocycles. The highest BCUT2D eigenvalue weighted by molar-refractivity contribution is 5.27. The molecule has 7 heteroatoms. The highest BCUT2D eigenvalue weighted by atomic mass is 16.7. The number of aliphatic hydroxyl groups excluding tert-OH is 5. The molecule has 1 aliphatic heterocycles. The topological polar surface area (TPSA) is 131 Å². The maximum Gasteiger partial charge on any atom is 0.200 e. The van der Waals surface area contributed by atoms with Gasteiger partial charge in [0.1, 0.15) is 24.4 Å². The van der Waals surface area contributed by atoms with Crippen molar-refractivity contribution in [3.8, 4) is 0 Å². The maximum atomic E-state index is 11.7. The van der Waals surface area contributed by atoms with Crippen molar-refractivity contribution in [1.29, 1.82) is 0 Å². The summed E-state index contributed by atoms with van der Waals surface area (Å²) < 4.78 is 5.73. The molecule has 0 aromatic carbocycles. The molecular formula is C33H56O7. The van der Waals surface area contributed by atoms with Crippen LogP contribution in [0, 0.1) is 52.3 Å². The first kappa shape index (κ1) is 30.9. The van der Waals surface area contributed by atoms with Gasteiger partial charge in [0.25, 0.3) is 0 Å². The average Bonchev–Trinajstić information content (AvgIpc) is 3.26. The van der Waals surface area contributed by atoms with Gasteiger partial charge in [-0.2, -0.15) is 0 Å². The van der Waals surface area contributed by atoms with E-state index in [-0.39, 0.29) is 5.41 Å². The molecule has 6 N–H and O–H groups in total. The molecule has 7 nitrogen and oxygen atoms in total. The molecule has 230 valence electrons. The van der Waals surface area contributed by atoms with Gasteiger partial charge in [-0.1, -0.05) is 65.5 Å². The van der Waals surface area contributed by atoms with Crippen LogP contribution in [-0.2, 0) is 4.74 Å². The molecule has 0 bridgehead atoms. The van der Waals surface area contributed by atoms with E-state index in [2.05, 4.69) is 40.7 Å². The lowest BCUT2D eigenvalue weighted by Gasteiger charge is -2.61. The molecule has 3 saturated carbocycles. The predicted octanol–water partition coefficient (Wildman–Crippen LogP) is 3.78. The fraction of sp³-hybridized carbons (Fsp3) is 0.939. The second-order valence-corrected chi connectivity index (χ2v) is 15.4. The molecule has 14 atom stereocenters. The molecule has 1 heterocycles. The Bertz CT molecular complexity index is 936. The zero-order chi connectivity index (χ0) is 29.2. The van der Waals surface area contributed by atoms with Gasteiger partial charge in [0.05, 0.1) is 12.7 Å². The molecule has 0 aromatic rings. The molecule has 10 unspecified atom stereocenters. The molecular weight excluding hydrogens is 508 g/mol. The standard InChI is InChI=1S/C33H56O7/c1-18(2)7-6-8-19(3)22-11-12-23-21-10-9-20-15-26(35)25(16-32(20,5)24(21)13-14-31(22,23)4)33(39)30(38)29(37)28(36)27(17-34)40-33/h9,18-19,21-30,34-39H,6-8,10-17H2,1-5H3/t19?,21?,22?,23?,24?,25?,26?,27-,28+,29+,30-,31?,32?,33?/m1/s1. The highest BCUT2D eigenvalue weighted by Crippen LogP contribution is 2.68. The lowest BCUT2D eigenvalue weighted by molar-refractivity contribution is -0.379. The fourth-order valence-corrected chi connectivity index (χ4v) is 10.6. The summed E-state index contributed by atoms with van der Waals surface area (Å²) in [6.45, 7) is 11.3. The van der Waals surface area contributed by atoms with Gasteiger partial charge in [0.15, 0.2) is 0 Å². The molecule has 0 radical (unpaired) electrons. The van der Waals surface area contributed by atoms with E-state index < -0.39 is 48.8 Å². The van der Waals surface area contributed by atoms with E-state index in [1.54, 1.807) is 0 Å². The van der Waals surface area contributed by atoms with Crippen LogP contribution < -0.4 is 0 Å². The number of hydrogen-bond donors (Lipinski definition) is 6. The van der Waals surface area contributed by atoms with E-state index >= 15 is 0 Å². The van der Waals surface area contributed by atoms with Crippen molar-refractivity contribution in [2.75, 3.05) is 6.61 Å². The van der Waals surface area contributed by atoms with Crippen molar-refractivity contribution in [3.05, 3.63) is 11.6 Å². The quantitative estimate of drug-likeness (QED) is 0.260. The van der Waals surface area contributed by atoms with E-state index in [0.717, 1.165) is 30.6 Å². The lowest BCUT2D eigenvalue weighted by Crippen LogP contribution is -2.70. The smallest absolute Gasteiger partial charge is 0.200 e. The van der Waals surface area contributed by atoms with Gasteiger partial charge in [-0.3, -0.25) is 0 Å². The van der Waals surface area contributed by atoms with Crippen molar-refractivity contribution >= 4 is 0 Å². The van der Waals surface area contributed by atoms with Crippen LogP contribution in [0.25, 0.3) is 0 Å². The van der Waals surface area contributed by atoms with Crippen LogP contribution in [0.4, 0.5) is 0 Å². The summed E-state index contributed by atoms with van der Waals surface area (Å²) >= 11 is 0. The molecule has 4 aliphatic carbocycles. The number of allylic oxidation sites excluding steroid dienone is 1. The molecule has 5 rings (SSSR count). The molecule has 0 amide bonds. The molecule has 5 aliphatic rings. The first-order valence-electron chi connectivity index (χ1n) is 16.2. The number of rotatable bonds is 7. The zero-order valence-electron chi connectivity index (χ0n) is 25.4. The van der Waals surface area contributed by atoms with Gasteiger partial charge in [-0.15, -0.1) is 0 Å². The number of fused-ring (bicyclic) bond motifs is 5. The summed E-state index contributed by atoms with van der Waals surface area (Å²) in [5.41, 5.74) is 1.33. The Morgan fingerprint density at radius 2 is 1.68 bits per heavy atom. The van der Waals surface area contributed by atoms with Crippen LogP contribution in [0.1, 0.15) is 98.8 Å². The Hall–Kier alpha value is -0.540. The van der Waals surface area contributed by atoms with Gasteiger partial charge in [0, 0.05) is 5.92 Å². The van der Waals surface area contributed by atoms with E-state index in [1.807, 2.05) is 0 Å². The average molecular weight is 565 g/mol. The zero-order valence-corrected chi connectivity index (χ0v) is 25.4. The Morgan fingerprint density at radius 1 is 0.950 bits per heavy atom. The summed E-state index contributed by atoms with van der Waals surface area (Å²) in [6.07, 6.45) is 5.87. The summed E-state index contributed by atoms with van der Waals surface area (Å²) in [7, 11) is 0. The summed E-state index contributed by atoms with van der Waals surface area (Å²) in [5.74, 6) is 0.788. The van der Waals surface area contributed by atoms with Crippen LogP contribution in [0.5, 0.6) is 0 Å². The van der Waals surface area contributed by atoms with E-state index in [4.69, 9.17) is 4.74 Å². The van der Waals surface area contributed by atoms with Gasteiger partial charge in [-0.25, -0.2) is 0 Å². The Labute approximate surface area is 241 Å². The largest absolute Gasteiger partial charge is 0.394 e. The minimum Gasteiger partial charge on any atom is -0.394 e. The minimum atomic E-state index is -2.26. The van der Waals surface area contributed by atoms with Gasteiger partial charge >= 0.3 is 0 Å². The summed E-state index contributed by atoms with van der Waals surface area (Å²) in [6, 6.07) is 0. The van der Waals surface area contributed by atoms with Crippen LogP contribution in [0.15, 0.2) is 11.6 Å². The van der Waals surface area contributed by atoms with Gasteiger partial charge in [0.2, 0.25) is 5.79 Å². The normalized spacial score (nSPS) is 51.5. The van der Waals surface area contributed by atoms with Crippen LogP contribution in [0.2, 0.25) is 0 Å². The van der Waals surface area contributed by atoms with Crippen molar-refractivity contribution in [3.63, 3.8) is 0 Å². The second-order valence-electron chi connectivity index (χ2n) is 15.4. The van der Waals surface area contributed by atoms with Gasteiger partial charge < -0.3 is 35.4 Å². The molecule has 40 heavy (non-hydrogen) atoms.